The molecule has 2 N–H and O–H groups in total. The standard InChI is InChI=1S/C28H28N4O4.BrH/c33-26(31-25-9-12-29-18-30-25)17-32-13-10-19(11-14-32)24(16-32)36-27(34)28(35)22-7-3-1-5-20(22)15-21-6-2-4-8-23(21)28;/h1-9,12,18-19,24,35H,10-11,13-17H2;1H. The van der Waals surface area contributed by atoms with Gasteiger partial charge in [0.05, 0.1) is 13.1 Å². The molecule has 1 aromatic heterocycles. The van der Waals surface area contributed by atoms with Gasteiger partial charge in [0.1, 0.15) is 18.7 Å². The molecule has 0 spiro atoms. The van der Waals surface area contributed by atoms with Crippen molar-refractivity contribution >= 4 is 17.7 Å². The zero-order valence-electron chi connectivity index (χ0n) is 20.3. The monoisotopic (exact) mass is 564 g/mol. The Kier molecular flexibility index (Phi) is 6.87. The average molecular weight is 565 g/mol. The van der Waals surface area contributed by atoms with Crippen LogP contribution >= 0.6 is 0 Å². The van der Waals surface area contributed by atoms with Gasteiger partial charge in [-0.15, -0.1) is 0 Å². The summed E-state index contributed by atoms with van der Waals surface area (Å²) in [6, 6.07) is 16.7. The molecule has 1 unspecified atom stereocenters. The SMILES string of the molecule is O=C(C[N+]12CCC(CC1)C(OC(=O)C1(O)c3ccccc3Cc3ccccc31)C2)Nc1ccncn1.[Br-]. The number of quaternary nitrogens is 1. The Morgan fingerprint density at radius 3 is 2.30 bits per heavy atom. The number of fused-ring (bicyclic) bond motifs is 5. The van der Waals surface area contributed by atoms with Gasteiger partial charge >= 0.3 is 5.97 Å². The maximum atomic E-state index is 13.8. The first kappa shape index (κ1) is 25.5. The first-order valence-corrected chi connectivity index (χ1v) is 12.5. The number of ether oxygens (including phenoxy) is 1. The van der Waals surface area contributed by atoms with E-state index < -0.39 is 11.6 Å². The Balaban J connectivity index is 0.00000280. The number of amides is 1. The number of rotatable bonds is 5. The second-order valence-corrected chi connectivity index (χ2v) is 10.3. The van der Waals surface area contributed by atoms with Gasteiger partial charge in [0.15, 0.2) is 12.6 Å². The summed E-state index contributed by atoms with van der Waals surface area (Å²) >= 11 is 0. The topological polar surface area (TPSA) is 101 Å². The molecule has 37 heavy (non-hydrogen) atoms. The van der Waals surface area contributed by atoms with E-state index in [1.54, 1.807) is 12.3 Å². The Hall–Kier alpha value is -3.14. The highest BCUT2D eigenvalue weighted by atomic mass is 79.9. The van der Waals surface area contributed by atoms with Crippen LogP contribution in [0, 0.1) is 5.92 Å². The molecule has 3 saturated heterocycles. The molecule has 8 nitrogen and oxygen atoms in total. The number of anilines is 1. The third-order valence-corrected chi connectivity index (χ3v) is 8.12. The highest BCUT2D eigenvalue weighted by Crippen LogP contribution is 2.42. The Morgan fingerprint density at radius 1 is 1.03 bits per heavy atom. The molecule has 1 aliphatic carbocycles. The first-order chi connectivity index (χ1) is 17.5. The molecule has 0 radical (unpaired) electrons. The zero-order valence-corrected chi connectivity index (χ0v) is 21.9. The Morgan fingerprint density at radius 2 is 1.68 bits per heavy atom. The number of benzene rings is 2. The minimum absolute atomic E-state index is 0. The summed E-state index contributed by atoms with van der Waals surface area (Å²) in [5.41, 5.74) is 1.17. The molecule has 4 heterocycles. The Bertz CT molecular complexity index is 1260. The Labute approximate surface area is 226 Å². The van der Waals surface area contributed by atoms with Crippen molar-refractivity contribution in [3.05, 3.63) is 89.4 Å². The fraction of sp³-hybridized carbons (Fsp3) is 0.357. The molecule has 192 valence electrons. The minimum atomic E-state index is -1.85. The normalized spacial score (nSPS) is 24.7. The quantitative estimate of drug-likeness (QED) is 0.317. The van der Waals surface area contributed by atoms with E-state index in [1.807, 2.05) is 48.5 Å². The van der Waals surface area contributed by atoms with Crippen molar-refractivity contribution in [2.45, 2.75) is 31.0 Å². The maximum absolute atomic E-state index is 13.8. The van der Waals surface area contributed by atoms with Crippen LogP contribution < -0.4 is 22.3 Å². The highest BCUT2D eigenvalue weighted by molar-refractivity contribution is 5.90. The van der Waals surface area contributed by atoms with Crippen LogP contribution in [0.3, 0.4) is 0 Å². The number of aromatic nitrogens is 2. The van der Waals surface area contributed by atoms with Crippen molar-refractivity contribution in [2.75, 3.05) is 31.5 Å². The zero-order chi connectivity index (χ0) is 24.8. The van der Waals surface area contributed by atoms with Gasteiger partial charge in [-0.05, 0) is 23.6 Å². The molecule has 4 aliphatic rings. The molecular formula is C28H29BrN4O4. The van der Waals surface area contributed by atoms with Crippen LogP contribution in [0.4, 0.5) is 5.82 Å². The summed E-state index contributed by atoms with van der Waals surface area (Å²) in [5.74, 6) is -0.0474. The lowest BCUT2D eigenvalue weighted by atomic mass is 9.74. The predicted octanol–water partition coefficient (Wildman–Crippen LogP) is -0.588. The van der Waals surface area contributed by atoms with Crippen LogP contribution in [-0.2, 0) is 26.3 Å². The van der Waals surface area contributed by atoms with Crippen LogP contribution in [0.2, 0.25) is 0 Å². The van der Waals surface area contributed by atoms with Gasteiger partial charge in [0.25, 0.3) is 5.91 Å². The number of hydrogen-bond donors (Lipinski definition) is 2. The lowest BCUT2D eigenvalue weighted by Crippen LogP contribution is -3.00. The number of nitrogens with one attached hydrogen (secondary N) is 1. The number of esters is 1. The van der Waals surface area contributed by atoms with Crippen molar-refractivity contribution in [3.8, 4) is 0 Å². The third kappa shape index (κ3) is 4.56. The lowest BCUT2D eigenvalue weighted by Gasteiger charge is -2.51. The van der Waals surface area contributed by atoms with E-state index in [0.717, 1.165) is 37.1 Å². The molecule has 1 atom stereocenters. The summed E-state index contributed by atoms with van der Waals surface area (Å²) in [4.78, 5) is 34.6. The first-order valence-electron chi connectivity index (χ1n) is 12.5. The van der Waals surface area contributed by atoms with Crippen molar-refractivity contribution in [1.29, 1.82) is 0 Å². The van der Waals surface area contributed by atoms with Crippen LogP contribution in [-0.4, -0.2) is 63.7 Å². The summed E-state index contributed by atoms with van der Waals surface area (Å²) in [6.07, 6.45) is 5.06. The van der Waals surface area contributed by atoms with E-state index in [0.29, 0.717) is 40.9 Å². The van der Waals surface area contributed by atoms with Gasteiger partial charge in [-0.1, -0.05) is 48.5 Å². The van der Waals surface area contributed by atoms with Crippen molar-refractivity contribution in [1.82, 2.24) is 9.97 Å². The second kappa shape index (κ2) is 9.96. The number of hydrogen-bond acceptors (Lipinski definition) is 6. The van der Waals surface area contributed by atoms with E-state index in [-0.39, 0.29) is 34.9 Å². The number of halogens is 1. The van der Waals surface area contributed by atoms with Gasteiger partial charge in [0.2, 0.25) is 5.60 Å². The number of carbonyl (C=O) groups is 2. The number of carbonyl (C=O) groups excluding carboxylic acids is 2. The van der Waals surface area contributed by atoms with E-state index in [1.165, 1.54) is 6.33 Å². The fourth-order valence-corrected chi connectivity index (χ4v) is 6.28. The fourth-order valence-electron chi connectivity index (χ4n) is 6.28. The van der Waals surface area contributed by atoms with Crippen molar-refractivity contribution in [2.24, 2.45) is 5.92 Å². The van der Waals surface area contributed by atoms with E-state index in [9.17, 15) is 14.7 Å². The molecule has 3 aromatic rings. The predicted molar refractivity (Wildman–Crippen MR) is 132 cm³/mol. The molecule has 7 rings (SSSR count). The van der Waals surface area contributed by atoms with Gasteiger partial charge in [-0.3, -0.25) is 4.79 Å². The molecule has 3 aliphatic heterocycles. The molecule has 9 heteroatoms. The lowest BCUT2D eigenvalue weighted by molar-refractivity contribution is -0.939. The molecule has 3 fully saturated rings. The van der Waals surface area contributed by atoms with Gasteiger partial charge in [-0.25, -0.2) is 14.8 Å². The highest BCUT2D eigenvalue weighted by Gasteiger charge is 2.52. The van der Waals surface area contributed by atoms with E-state index in [2.05, 4.69) is 15.3 Å². The number of nitrogens with zero attached hydrogens (tertiary/aromatic N) is 3. The van der Waals surface area contributed by atoms with Crippen LogP contribution in [0.5, 0.6) is 0 Å². The van der Waals surface area contributed by atoms with Crippen LogP contribution in [0.25, 0.3) is 0 Å². The van der Waals surface area contributed by atoms with Crippen molar-refractivity contribution in [3.63, 3.8) is 0 Å². The smallest absolute Gasteiger partial charge is 0.348 e. The summed E-state index contributed by atoms with van der Waals surface area (Å²) < 4.78 is 6.72. The van der Waals surface area contributed by atoms with E-state index in [4.69, 9.17) is 4.74 Å². The summed E-state index contributed by atoms with van der Waals surface area (Å²) in [5, 5.41) is 14.8. The maximum Gasteiger partial charge on any atom is 0.348 e. The molecule has 0 saturated carbocycles. The largest absolute Gasteiger partial charge is 1.00 e. The molecule has 1 amide bonds. The van der Waals surface area contributed by atoms with Gasteiger partial charge in [0, 0.05) is 36.1 Å². The minimum Gasteiger partial charge on any atom is -1.00 e. The number of aliphatic hydroxyl groups is 1. The molecular weight excluding hydrogens is 536 g/mol. The van der Waals surface area contributed by atoms with Crippen molar-refractivity contribution < 1.29 is 40.9 Å². The summed E-state index contributed by atoms with van der Waals surface area (Å²) in [7, 11) is 0. The van der Waals surface area contributed by atoms with Crippen LogP contribution in [0.1, 0.15) is 35.1 Å². The summed E-state index contributed by atoms with van der Waals surface area (Å²) in [6.45, 7) is 2.59. The molecule has 2 aromatic carbocycles. The number of piperidine rings is 3. The molecule has 2 bridgehead atoms. The van der Waals surface area contributed by atoms with E-state index >= 15 is 0 Å². The van der Waals surface area contributed by atoms with Crippen LogP contribution in [0.15, 0.2) is 67.1 Å². The van der Waals surface area contributed by atoms with Gasteiger partial charge in [-0.2, -0.15) is 0 Å². The second-order valence-electron chi connectivity index (χ2n) is 10.3. The average Bonchev–Trinajstić information content (AvgIpc) is 2.90. The third-order valence-electron chi connectivity index (χ3n) is 8.12. The van der Waals surface area contributed by atoms with Gasteiger partial charge < -0.3 is 36.6 Å².